The van der Waals surface area contributed by atoms with Crippen molar-refractivity contribution >= 4 is 28.4 Å². The van der Waals surface area contributed by atoms with Crippen molar-refractivity contribution in [3.05, 3.63) is 74.5 Å². The number of aromatic nitrogens is 1. The third-order valence-electron chi connectivity index (χ3n) is 4.23. The van der Waals surface area contributed by atoms with Gasteiger partial charge in [0, 0.05) is 29.6 Å². The van der Waals surface area contributed by atoms with Crippen molar-refractivity contribution in [2.75, 3.05) is 0 Å². The number of phenolic OH excluding ortho intramolecular Hbond substituents is 1. The fourth-order valence-electron chi connectivity index (χ4n) is 2.77. The highest BCUT2D eigenvalue weighted by atomic mass is 35.5. The van der Waals surface area contributed by atoms with Crippen LogP contribution < -0.4 is 10.9 Å². The minimum Gasteiger partial charge on any atom is -0.506 e. The zero-order valence-electron chi connectivity index (χ0n) is 14.0. The lowest BCUT2D eigenvalue weighted by Gasteiger charge is -2.12. The number of aliphatic hydroxyl groups is 1. The van der Waals surface area contributed by atoms with E-state index in [9.17, 15) is 19.8 Å². The van der Waals surface area contributed by atoms with Gasteiger partial charge in [-0.1, -0.05) is 23.7 Å². The van der Waals surface area contributed by atoms with Crippen LogP contribution in [0.15, 0.2) is 47.3 Å². The molecule has 0 radical (unpaired) electrons. The van der Waals surface area contributed by atoms with Crippen LogP contribution in [0, 0.1) is 0 Å². The molecule has 0 atom stereocenters. The molecule has 7 heteroatoms. The maximum atomic E-state index is 12.4. The van der Waals surface area contributed by atoms with Gasteiger partial charge in [0.25, 0.3) is 11.5 Å². The molecule has 1 heterocycles. The molecule has 0 saturated heterocycles. The molecule has 134 valence electrons. The zero-order chi connectivity index (χ0) is 18.8. The zero-order valence-corrected chi connectivity index (χ0v) is 14.7. The summed E-state index contributed by atoms with van der Waals surface area (Å²) < 4.78 is 1.33. The Bertz CT molecular complexity index is 1040. The van der Waals surface area contributed by atoms with Crippen LogP contribution in [0.25, 0.3) is 10.9 Å². The Morgan fingerprint density at radius 2 is 1.88 bits per heavy atom. The molecule has 6 nitrogen and oxygen atoms in total. The number of nitrogens with one attached hydrogen (secondary N) is 1. The molecule has 0 fully saturated rings. The normalized spacial score (nSPS) is 10.9. The number of carbonyl (C=O) groups is 1. The number of hydrogen-bond acceptors (Lipinski definition) is 4. The summed E-state index contributed by atoms with van der Waals surface area (Å²) in [4.78, 5) is 24.5. The highest BCUT2D eigenvalue weighted by molar-refractivity contribution is 6.30. The van der Waals surface area contributed by atoms with E-state index in [0.29, 0.717) is 15.9 Å². The Morgan fingerprint density at radius 1 is 1.19 bits per heavy atom. The highest BCUT2D eigenvalue weighted by Crippen LogP contribution is 2.28. The molecule has 26 heavy (non-hydrogen) atoms. The van der Waals surface area contributed by atoms with Gasteiger partial charge in [0.2, 0.25) is 0 Å². The smallest absolute Gasteiger partial charge is 0.256 e. The molecule has 0 aliphatic carbocycles. The first-order valence-corrected chi connectivity index (χ1v) is 8.28. The number of halogens is 1. The fourth-order valence-corrected chi connectivity index (χ4v) is 2.90. The monoisotopic (exact) mass is 372 g/mol. The van der Waals surface area contributed by atoms with E-state index in [1.54, 1.807) is 37.4 Å². The summed E-state index contributed by atoms with van der Waals surface area (Å²) in [7, 11) is 1.55. The predicted octanol–water partition coefficient (Wildman–Crippen LogP) is 2.32. The molecular formula is C19H17ClN2O4. The first kappa shape index (κ1) is 18.0. The van der Waals surface area contributed by atoms with E-state index in [-0.39, 0.29) is 29.0 Å². The van der Waals surface area contributed by atoms with Gasteiger partial charge in [-0.2, -0.15) is 0 Å². The molecule has 3 aromatic rings. The molecule has 0 saturated carbocycles. The third-order valence-corrected chi connectivity index (χ3v) is 4.49. The molecule has 3 N–H and O–H groups in total. The summed E-state index contributed by atoms with van der Waals surface area (Å²) in [5.41, 5.74) is 1.23. The fraction of sp³-hybridized carbons (Fsp3) is 0.158. The lowest BCUT2D eigenvalue weighted by Crippen LogP contribution is -2.24. The van der Waals surface area contributed by atoms with E-state index in [1.807, 2.05) is 0 Å². The lowest BCUT2D eigenvalue weighted by atomic mass is 10.1. The largest absolute Gasteiger partial charge is 0.506 e. The second-order valence-electron chi connectivity index (χ2n) is 5.90. The van der Waals surface area contributed by atoms with Crippen molar-refractivity contribution in [1.82, 2.24) is 9.88 Å². The molecule has 0 aliphatic heterocycles. The van der Waals surface area contributed by atoms with Gasteiger partial charge in [0.05, 0.1) is 17.7 Å². The molecule has 0 bridgehead atoms. The summed E-state index contributed by atoms with van der Waals surface area (Å²) in [5.74, 6) is -0.680. The molecule has 3 rings (SSSR count). The number of pyridine rings is 1. The molecule has 0 unspecified atom stereocenters. The van der Waals surface area contributed by atoms with E-state index in [0.717, 1.165) is 5.56 Å². The van der Waals surface area contributed by atoms with Crippen molar-refractivity contribution in [1.29, 1.82) is 0 Å². The van der Waals surface area contributed by atoms with Crippen LogP contribution in [-0.2, 0) is 20.2 Å². The Kier molecular flexibility index (Phi) is 4.97. The minimum absolute atomic E-state index is 0.0917. The first-order chi connectivity index (χ1) is 12.4. The number of rotatable bonds is 4. The number of hydrogen-bond donors (Lipinski definition) is 3. The lowest BCUT2D eigenvalue weighted by molar-refractivity contribution is 0.0948. The van der Waals surface area contributed by atoms with Crippen LogP contribution in [0.5, 0.6) is 5.75 Å². The highest BCUT2D eigenvalue weighted by Gasteiger charge is 2.16. The van der Waals surface area contributed by atoms with Gasteiger partial charge in [-0.15, -0.1) is 0 Å². The number of aromatic hydroxyl groups is 1. The number of nitrogens with zero attached hydrogens (tertiary/aromatic N) is 1. The van der Waals surface area contributed by atoms with E-state index in [4.69, 9.17) is 11.6 Å². The van der Waals surface area contributed by atoms with E-state index < -0.39 is 12.5 Å². The Morgan fingerprint density at radius 3 is 2.54 bits per heavy atom. The number of aryl methyl sites for hydroxylation is 1. The Labute approximate surface area is 154 Å². The number of benzene rings is 2. The van der Waals surface area contributed by atoms with Crippen LogP contribution in [-0.4, -0.2) is 20.7 Å². The van der Waals surface area contributed by atoms with Gasteiger partial charge in [-0.3, -0.25) is 9.59 Å². The van der Waals surface area contributed by atoms with Crippen molar-refractivity contribution in [3.63, 3.8) is 0 Å². The molecule has 0 spiro atoms. The number of aliphatic hydroxyl groups excluding tert-OH is 1. The standard InChI is InChI=1S/C19H17ClN2O4/c1-22-16-7-6-14(17(24)15(16)8-12(10-23)19(22)26)18(25)21-9-11-2-4-13(20)5-3-11/h2-8,23-24H,9-10H2,1H3,(H,21,25). The van der Waals surface area contributed by atoms with E-state index >= 15 is 0 Å². The summed E-state index contributed by atoms with van der Waals surface area (Å²) in [6, 6.07) is 11.5. The number of phenols is 1. The second-order valence-corrected chi connectivity index (χ2v) is 6.33. The Balaban J connectivity index is 1.93. The van der Waals surface area contributed by atoms with E-state index in [2.05, 4.69) is 5.32 Å². The second kappa shape index (κ2) is 7.19. The predicted molar refractivity (Wildman–Crippen MR) is 99.4 cm³/mol. The summed E-state index contributed by atoms with van der Waals surface area (Å²) in [6.45, 7) is -0.169. The average Bonchev–Trinajstić information content (AvgIpc) is 2.64. The number of fused-ring (bicyclic) bond motifs is 1. The summed E-state index contributed by atoms with van der Waals surface area (Å²) in [6.07, 6.45) is 0. The van der Waals surface area contributed by atoms with Crippen LogP contribution >= 0.6 is 11.6 Å². The average molecular weight is 373 g/mol. The van der Waals surface area contributed by atoms with Crippen LogP contribution in [0.2, 0.25) is 5.02 Å². The van der Waals surface area contributed by atoms with Crippen molar-refractivity contribution in [2.45, 2.75) is 13.2 Å². The summed E-state index contributed by atoms with van der Waals surface area (Å²) >= 11 is 5.83. The number of carbonyl (C=O) groups excluding carboxylic acids is 1. The number of amides is 1. The molecule has 2 aromatic carbocycles. The SMILES string of the molecule is Cn1c(=O)c(CO)cc2c(O)c(C(=O)NCc3ccc(Cl)cc3)ccc21. The van der Waals surface area contributed by atoms with E-state index in [1.165, 1.54) is 16.7 Å². The third kappa shape index (κ3) is 3.29. The molecule has 1 aromatic heterocycles. The molecule has 0 aliphatic rings. The van der Waals surface area contributed by atoms with Crippen LogP contribution in [0.1, 0.15) is 21.5 Å². The van der Waals surface area contributed by atoms with Gasteiger partial charge in [-0.25, -0.2) is 0 Å². The molecule has 1 amide bonds. The summed E-state index contributed by atoms with van der Waals surface area (Å²) in [5, 5.41) is 23.5. The Hall–Kier alpha value is -2.83. The minimum atomic E-state index is -0.449. The van der Waals surface area contributed by atoms with Gasteiger partial charge in [0.15, 0.2) is 0 Å². The van der Waals surface area contributed by atoms with Gasteiger partial charge >= 0.3 is 0 Å². The van der Waals surface area contributed by atoms with Gasteiger partial charge in [-0.05, 0) is 35.9 Å². The van der Waals surface area contributed by atoms with Crippen molar-refractivity contribution in [3.8, 4) is 5.75 Å². The van der Waals surface area contributed by atoms with Gasteiger partial charge in [0.1, 0.15) is 5.75 Å². The maximum absolute atomic E-state index is 12.4. The van der Waals surface area contributed by atoms with Crippen LogP contribution in [0.4, 0.5) is 0 Å². The van der Waals surface area contributed by atoms with Crippen molar-refractivity contribution < 1.29 is 15.0 Å². The quantitative estimate of drug-likeness (QED) is 0.655. The van der Waals surface area contributed by atoms with Gasteiger partial charge < -0.3 is 20.1 Å². The van der Waals surface area contributed by atoms with Crippen LogP contribution in [0.3, 0.4) is 0 Å². The van der Waals surface area contributed by atoms with Crippen molar-refractivity contribution in [2.24, 2.45) is 7.05 Å². The maximum Gasteiger partial charge on any atom is 0.256 e. The topological polar surface area (TPSA) is 91.6 Å². The molecular weight excluding hydrogens is 356 g/mol. The first-order valence-electron chi connectivity index (χ1n) is 7.90.